The van der Waals surface area contributed by atoms with E-state index >= 15 is 0 Å². The first kappa shape index (κ1) is 39.0. The van der Waals surface area contributed by atoms with Crippen LogP contribution < -0.4 is 0 Å². The highest BCUT2D eigenvalue weighted by Gasteiger charge is 2.24. The number of unbranched alkanes of at least 4 members (excludes halogenated alkanes) is 1. The van der Waals surface area contributed by atoms with E-state index in [0.717, 1.165) is 38.5 Å². The summed E-state index contributed by atoms with van der Waals surface area (Å²) in [5, 5.41) is 9.30. The van der Waals surface area contributed by atoms with Crippen molar-refractivity contribution in [3.8, 4) is 0 Å². The Hall–Kier alpha value is -2.15. The number of ether oxygens (including phenoxy) is 3. The molecule has 0 aromatic heterocycles. The van der Waals surface area contributed by atoms with Gasteiger partial charge in [0.2, 0.25) is 0 Å². The molecule has 0 aromatic carbocycles. The lowest BCUT2D eigenvalue weighted by Gasteiger charge is -2.21. The van der Waals surface area contributed by atoms with Crippen LogP contribution in [0.4, 0.5) is 0 Å². The summed E-state index contributed by atoms with van der Waals surface area (Å²) >= 11 is 0. The van der Waals surface area contributed by atoms with Crippen molar-refractivity contribution in [1.29, 1.82) is 0 Å². The second-order valence-electron chi connectivity index (χ2n) is 13.6. The number of carbonyl (C=O) groups is 3. The fourth-order valence-corrected chi connectivity index (χ4v) is 6.51. The molecule has 0 spiro atoms. The third kappa shape index (κ3) is 19.2. The quantitative estimate of drug-likeness (QED) is 0.0584. The molecule has 4 atom stereocenters. The Labute approximate surface area is 273 Å². The van der Waals surface area contributed by atoms with E-state index in [9.17, 15) is 19.5 Å². The number of hydrogen-bond donors (Lipinski definition) is 1. The van der Waals surface area contributed by atoms with Gasteiger partial charge in [0.1, 0.15) is 0 Å². The van der Waals surface area contributed by atoms with Crippen LogP contribution in [-0.4, -0.2) is 48.9 Å². The van der Waals surface area contributed by atoms with E-state index in [4.69, 9.17) is 14.2 Å². The Morgan fingerprint density at radius 1 is 0.689 bits per heavy atom. The van der Waals surface area contributed by atoms with Crippen LogP contribution >= 0.6 is 0 Å². The van der Waals surface area contributed by atoms with Crippen molar-refractivity contribution >= 4 is 17.9 Å². The number of hydrogen-bond acceptors (Lipinski definition) is 7. The van der Waals surface area contributed by atoms with Crippen LogP contribution in [0.1, 0.15) is 149 Å². The van der Waals surface area contributed by atoms with Crippen molar-refractivity contribution in [1.82, 2.24) is 0 Å². The Morgan fingerprint density at radius 3 is 1.87 bits per heavy atom. The number of aliphatic hydroxyl groups excluding tert-OH is 1. The summed E-state index contributed by atoms with van der Waals surface area (Å²) in [5.41, 5.74) is 0. The molecule has 2 rings (SSSR count). The van der Waals surface area contributed by atoms with Gasteiger partial charge in [0.05, 0.1) is 31.2 Å². The zero-order chi connectivity index (χ0) is 32.5. The Kier molecular flexibility index (Phi) is 21.7. The van der Waals surface area contributed by atoms with Gasteiger partial charge in [-0.2, -0.15) is 0 Å². The molecule has 0 aromatic rings. The average Bonchev–Trinajstić information content (AvgIpc) is 2.97. The highest BCUT2D eigenvalue weighted by Crippen LogP contribution is 2.28. The largest absolute Gasteiger partial charge is 0.466 e. The monoisotopic (exact) mass is 632 g/mol. The molecule has 0 heterocycles. The van der Waals surface area contributed by atoms with Gasteiger partial charge in [0, 0.05) is 13.0 Å². The maximum absolute atomic E-state index is 12.8. The van der Waals surface area contributed by atoms with Gasteiger partial charge in [-0.25, -0.2) is 0 Å². The molecule has 0 fully saturated rings. The number of rotatable bonds is 21. The van der Waals surface area contributed by atoms with E-state index in [-0.39, 0.29) is 48.9 Å². The topological polar surface area (TPSA) is 99.1 Å². The van der Waals surface area contributed by atoms with Gasteiger partial charge in [0.25, 0.3) is 0 Å². The molecule has 2 aliphatic carbocycles. The molecule has 0 radical (unpaired) electrons. The summed E-state index contributed by atoms with van der Waals surface area (Å²) in [7, 11) is 0. The fraction of sp³-hybridized carbons (Fsp3) is 0.816. The minimum atomic E-state index is -0.252. The number of carbonyl (C=O) groups excluding carboxylic acids is 3. The first-order valence-corrected chi connectivity index (χ1v) is 18.3. The summed E-state index contributed by atoms with van der Waals surface area (Å²) in [6, 6.07) is 0. The molecular weight excluding hydrogens is 568 g/mol. The SMILES string of the molecule is CC(C)OC(=O)C(CCCOC(=O)CCCCOC(=O)C(CCCO)CCC1C/C=C/CCCC1)CCC1C/C=C/CCCC1. The summed E-state index contributed by atoms with van der Waals surface area (Å²) in [5.74, 6) is 0.333. The number of aliphatic hydroxyl groups is 1. The minimum absolute atomic E-state index is 0.0824. The third-order valence-electron chi connectivity index (χ3n) is 9.29. The first-order valence-electron chi connectivity index (χ1n) is 18.3. The van der Waals surface area contributed by atoms with Crippen LogP contribution in [0.5, 0.6) is 0 Å². The van der Waals surface area contributed by atoms with Gasteiger partial charge in [-0.05, 0) is 128 Å². The molecule has 4 unspecified atom stereocenters. The normalized spacial score (nSPS) is 21.8. The van der Waals surface area contributed by atoms with Crippen molar-refractivity contribution < 1.29 is 33.7 Å². The summed E-state index contributed by atoms with van der Waals surface area (Å²) in [4.78, 5) is 37.9. The van der Waals surface area contributed by atoms with Gasteiger partial charge in [-0.1, -0.05) is 50.0 Å². The second kappa shape index (κ2) is 25.0. The van der Waals surface area contributed by atoms with Gasteiger partial charge in [0.15, 0.2) is 0 Å². The molecule has 0 saturated carbocycles. The van der Waals surface area contributed by atoms with Gasteiger partial charge < -0.3 is 19.3 Å². The first-order chi connectivity index (χ1) is 21.9. The van der Waals surface area contributed by atoms with E-state index in [1.54, 1.807) is 0 Å². The molecule has 0 amide bonds. The molecule has 7 heteroatoms. The van der Waals surface area contributed by atoms with E-state index in [1.165, 1.54) is 51.4 Å². The average molecular weight is 633 g/mol. The van der Waals surface area contributed by atoms with Crippen LogP contribution in [0.25, 0.3) is 0 Å². The van der Waals surface area contributed by atoms with Crippen LogP contribution in [0.15, 0.2) is 24.3 Å². The molecule has 0 saturated heterocycles. The van der Waals surface area contributed by atoms with E-state index in [0.29, 0.717) is 63.6 Å². The van der Waals surface area contributed by atoms with Crippen LogP contribution in [0, 0.1) is 23.7 Å². The van der Waals surface area contributed by atoms with Gasteiger partial charge in [-0.15, -0.1) is 0 Å². The van der Waals surface area contributed by atoms with Crippen LogP contribution in [0.2, 0.25) is 0 Å². The van der Waals surface area contributed by atoms with E-state index < -0.39 is 0 Å². The smallest absolute Gasteiger partial charge is 0.309 e. The predicted octanol–water partition coefficient (Wildman–Crippen LogP) is 8.81. The molecule has 7 nitrogen and oxygen atoms in total. The van der Waals surface area contributed by atoms with E-state index in [2.05, 4.69) is 24.3 Å². The molecule has 45 heavy (non-hydrogen) atoms. The van der Waals surface area contributed by atoms with Crippen LogP contribution in [-0.2, 0) is 28.6 Å². The second-order valence-corrected chi connectivity index (χ2v) is 13.6. The Balaban J connectivity index is 1.63. The maximum atomic E-state index is 12.8. The zero-order valence-electron chi connectivity index (χ0n) is 28.6. The lowest BCUT2D eigenvalue weighted by Crippen LogP contribution is -2.23. The van der Waals surface area contributed by atoms with Crippen molar-refractivity contribution in [3.05, 3.63) is 24.3 Å². The number of allylic oxidation sites excluding steroid dienone is 4. The lowest BCUT2D eigenvalue weighted by molar-refractivity contribution is -0.153. The minimum Gasteiger partial charge on any atom is -0.466 e. The standard InChI is InChI=1S/C38H64O7/c1-31(2)45-38(42)35(27-25-33-19-11-7-4-8-12-20-33)22-16-30-43-36(40)23-13-14-29-44-37(41)34(21-15-28-39)26-24-32-17-9-5-3-6-10-18-32/h5,7,9,11,31-35,39H,3-4,6,8,10,12-30H2,1-2H3/b9-5+,11-7+. The molecule has 1 N–H and O–H groups in total. The highest BCUT2D eigenvalue weighted by molar-refractivity contribution is 5.73. The molecule has 2 aliphatic rings. The number of esters is 3. The van der Waals surface area contributed by atoms with Gasteiger partial charge in [-0.3, -0.25) is 14.4 Å². The Morgan fingerprint density at radius 2 is 1.27 bits per heavy atom. The maximum Gasteiger partial charge on any atom is 0.309 e. The van der Waals surface area contributed by atoms with E-state index in [1.807, 2.05) is 13.8 Å². The zero-order valence-corrected chi connectivity index (χ0v) is 28.6. The Bertz CT molecular complexity index is 864. The van der Waals surface area contributed by atoms with Crippen molar-refractivity contribution in [2.75, 3.05) is 19.8 Å². The van der Waals surface area contributed by atoms with Crippen molar-refractivity contribution in [3.63, 3.8) is 0 Å². The van der Waals surface area contributed by atoms with Crippen molar-refractivity contribution in [2.45, 2.75) is 155 Å². The fourth-order valence-electron chi connectivity index (χ4n) is 6.51. The molecular formula is C38H64O7. The lowest BCUT2D eigenvalue weighted by atomic mass is 9.87. The summed E-state index contributed by atoms with van der Waals surface area (Å²) in [6.07, 6.45) is 28.6. The van der Waals surface area contributed by atoms with Gasteiger partial charge >= 0.3 is 17.9 Å². The molecule has 0 aliphatic heterocycles. The predicted molar refractivity (Wildman–Crippen MR) is 179 cm³/mol. The summed E-state index contributed by atoms with van der Waals surface area (Å²) < 4.78 is 16.6. The summed E-state index contributed by atoms with van der Waals surface area (Å²) in [6.45, 7) is 4.44. The highest BCUT2D eigenvalue weighted by atomic mass is 16.5. The third-order valence-corrected chi connectivity index (χ3v) is 9.29. The molecule has 258 valence electrons. The van der Waals surface area contributed by atoms with Crippen LogP contribution in [0.3, 0.4) is 0 Å². The molecule has 0 bridgehead atoms. The van der Waals surface area contributed by atoms with Crippen molar-refractivity contribution in [2.24, 2.45) is 23.7 Å².